The van der Waals surface area contributed by atoms with Crippen LogP contribution >= 0.6 is 0 Å². The minimum Gasteiger partial charge on any atom is -0.481 e. The van der Waals surface area contributed by atoms with Gasteiger partial charge in [0, 0.05) is 6.61 Å². The molecule has 0 aliphatic rings. The maximum Gasteiger partial charge on any atom is 0.305 e. The molecule has 0 unspecified atom stereocenters. The Morgan fingerprint density at radius 2 is 2.07 bits per heavy atom. The molecule has 0 bridgehead atoms. The van der Waals surface area contributed by atoms with Gasteiger partial charge >= 0.3 is 5.97 Å². The molecule has 0 saturated carbocycles. The highest BCUT2D eigenvalue weighted by Gasteiger charge is 2.06. The average molecular weight is 204 g/mol. The van der Waals surface area contributed by atoms with Gasteiger partial charge in [0.05, 0.1) is 25.7 Å². The van der Waals surface area contributed by atoms with E-state index in [1.54, 1.807) is 6.92 Å². The van der Waals surface area contributed by atoms with Gasteiger partial charge in [0.15, 0.2) is 0 Å². The van der Waals surface area contributed by atoms with Crippen LogP contribution in [0.3, 0.4) is 0 Å². The molecular weight excluding hydrogens is 184 g/mol. The van der Waals surface area contributed by atoms with Gasteiger partial charge in [-0.2, -0.15) is 0 Å². The molecule has 0 aromatic carbocycles. The second-order valence-electron chi connectivity index (χ2n) is 3.25. The summed E-state index contributed by atoms with van der Waals surface area (Å²) < 4.78 is 10.5. The van der Waals surface area contributed by atoms with Gasteiger partial charge in [-0.15, -0.1) is 0 Å². The van der Waals surface area contributed by atoms with E-state index in [-0.39, 0.29) is 12.5 Å². The summed E-state index contributed by atoms with van der Waals surface area (Å²) in [6.07, 6.45) is 2.00. The Hall–Kier alpha value is -0.610. The Labute approximate surface area is 85.2 Å². The van der Waals surface area contributed by atoms with Crippen molar-refractivity contribution in [1.29, 1.82) is 0 Å². The lowest BCUT2D eigenvalue weighted by molar-refractivity contribution is -0.140. The number of unbranched alkanes of at least 4 members (excludes halogenated alkanes) is 1. The van der Waals surface area contributed by atoms with E-state index < -0.39 is 5.97 Å². The van der Waals surface area contributed by atoms with Crippen LogP contribution < -0.4 is 0 Å². The number of rotatable bonds is 9. The second-order valence-corrected chi connectivity index (χ2v) is 3.25. The van der Waals surface area contributed by atoms with Gasteiger partial charge in [0.25, 0.3) is 0 Å². The minimum atomic E-state index is -0.829. The molecule has 0 spiro atoms. The van der Waals surface area contributed by atoms with Crippen molar-refractivity contribution in [3.63, 3.8) is 0 Å². The van der Waals surface area contributed by atoms with Crippen LogP contribution in [0.5, 0.6) is 0 Å². The quantitative estimate of drug-likeness (QED) is 0.580. The van der Waals surface area contributed by atoms with Crippen LogP contribution in [0.15, 0.2) is 0 Å². The van der Waals surface area contributed by atoms with Crippen molar-refractivity contribution >= 4 is 5.97 Å². The standard InChI is InChI=1S/C10H20O4/c1-3-4-5-13-6-7-14-9(2)8-10(11)12/h9H,3-8H2,1-2H3,(H,11,12)/t9-/m0/s1. The van der Waals surface area contributed by atoms with Crippen molar-refractivity contribution in [2.45, 2.75) is 39.2 Å². The molecule has 1 N–H and O–H groups in total. The summed E-state index contributed by atoms with van der Waals surface area (Å²) >= 11 is 0. The van der Waals surface area contributed by atoms with Crippen LogP contribution in [0.4, 0.5) is 0 Å². The van der Waals surface area contributed by atoms with Gasteiger partial charge < -0.3 is 14.6 Å². The summed E-state index contributed by atoms with van der Waals surface area (Å²) in [6, 6.07) is 0. The minimum absolute atomic E-state index is 0.0506. The molecule has 0 amide bonds. The molecule has 0 aromatic heterocycles. The summed E-state index contributed by atoms with van der Waals surface area (Å²) in [7, 11) is 0. The molecule has 14 heavy (non-hydrogen) atoms. The Morgan fingerprint density at radius 3 is 2.64 bits per heavy atom. The topological polar surface area (TPSA) is 55.8 Å². The molecule has 0 aliphatic heterocycles. The highest BCUT2D eigenvalue weighted by molar-refractivity contribution is 5.67. The number of ether oxygens (including phenoxy) is 2. The molecule has 84 valence electrons. The van der Waals surface area contributed by atoms with Gasteiger partial charge in [0.1, 0.15) is 0 Å². The van der Waals surface area contributed by atoms with E-state index in [0.29, 0.717) is 13.2 Å². The first-order valence-corrected chi connectivity index (χ1v) is 5.08. The van der Waals surface area contributed by atoms with Crippen LogP contribution in [0.2, 0.25) is 0 Å². The fourth-order valence-corrected chi connectivity index (χ4v) is 0.962. The molecule has 1 atom stereocenters. The highest BCUT2D eigenvalue weighted by Crippen LogP contribution is 1.97. The largest absolute Gasteiger partial charge is 0.481 e. The third-order valence-electron chi connectivity index (χ3n) is 1.73. The number of carboxylic acids is 1. The third kappa shape index (κ3) is 9.48. The van der Waals surface area contributed by atoms with Gasteiger partial charge in [-0.25, -0.2) is 0 Å². The Balaban J connectivity index is 3.14. The first kappa shape index (κ1) is 13.4. The molecule has 0 radical (unpaired) electrons. The summed E-state index contributed by atoms with van der Waals surface area (Å²) in [5.74, 6) is -0.829. The maximum absolute atomic E-state index is 10.3. The van der Waals surface area contributed by atoms with E-state index in [2.05, 4.69) is 6.92 Å². The maximum atomic E-state index is 10.3. The van der Waals surface area contributed by atoms with E-state index in [0.717, 1.165) is 19.4 Å². The number of aliphatic carboxylic acids is 1. The van der Waals surface area contributed by atoms with E-state index >= 15 is 0 Å². The van der Waals surface area contributed by atoms with Gasteiger partial charge in [-0.05, 0) is 13.3 Å². The smallest absolute Gasteiger partial charge is 0.305 e. The van der Waals surface area contributed by atoms with Gasteiger partial charge in [0.2, 0.25) is 0 Å². The molecule has 4 nitrogen and oxygen atoms in total. The van der Waals surface area contributed by atoms with Gasteiger partial charge in [-0.1, -0.05) is 13.3 Å². The van der Waals surface area contributed by atoms with Crippen molar-refractivity contribution in [3.05, 3.63) is 0 Å². The average Bonchev–Trinajstić information content (AvgIpc) is 2.10. The zero-order valence-corrected chi connectivity index (χ0v) is 8.99. The number of carbonyl (C=O) groups is 1. The Morgan fingerprint density at radius 1 is 1.36 bits per heavy atom. The van der Waals surface area contributed by atoms with Crippen molar-refractivity contribution in [1.82, 2.24) is 0 Å². The van der Waals surface area contributed by atoms with E-state index in [4.69, 9.17) is 14.6 Å². The predicted molar refractivity (Wildman–Crippen MR) is 53.4 cm³/mol. The number of hydrogen-bond acceptors (Lipinski definition) is 3. The highest BCUT2D eigenvalue weighted by atomic mass is 16.5. The third-order valence-corrected chi connectivity index (χ3v) is 1.73. The van der Waals surface area contributed by atoms with Crippen LogP contribution in [0, 0.1) is 0 Å². The first-order chi connectivity index (χ1) is 6.66. The lowest BCUT2D eigenvalue weighted by atomic mass is 10.3. The van der Waals surface area contributed by atoms with Crippen molar-refractivity contribution < 1.29 is 19.4 Å². The molecule has 0 fully saturated rings. The monoisotopic (exact) mass is 204 g/mol. The number of hydrogen-bond donors (Lipinski definition) is 1. The molecule has 0 rings (SSSR count). The zero-order valence-electron chi connectivity index (χ0n) is 8.99. The summed E-state index contributed by atoms with van der Waals surface area (Å²) in [6.45, 7) is 5.63. The van der Waals surface area contributed by atoms with E-state index in [9.17, 15) is 4.79 Å². The normalized spacial score (nSPS) is 12.7. The van der Waals surface area contributed by atoms with E-state index in [1.807, 2.05) is 0 Å². The van der Waals surface area contributed by atoms with Crippen LogP contribution in [-0.4, -0.2) is 37.0 Å². The number of carboxylic acid groups (broad SMARTS) is 1. The SMILES string of the molecule is CCCCOCCO[C@@H](C)CC(=O)O. The van der Waals surface area contributed by atoms with Crippen LogP contribution in [0.1, 0.15) is 33.1 Å². The van der Waals surface area contributed by atoms with Crippen molar-refractivity contribution in [2.75, 3.05) is 19.8 Å². The fourth-order valence-electron chi connectivity index (χ4n) is 0.962. The Kier molecular flexibility index (Phi) is 8.57. The van der Waals surface area contributed by atoms with Gasteiger partial charge in [-0.3, -0.25) is 4.79 Å². The molecule has 0 heterocycles. The summed E-state index contributed by atoms with van der Waals surface area (Å²) in [4.78, 5) is 10.3. The first-order valence-electron chi connectivity index (χ1n) is 5.08. The lowest BCUT2D eigenvalue weighted by Crippen LogP contribution is -2.16. The van der Waals surface area contributed by atoms with E-state index in [1.165, 1.54) is 0 Å². The molecule has 0 saturated heterocycles. The van der Waals surface area contributed by atoms with Crippen LogP contribution in [0.25, 0.3) is 0 Å². The second kappa shape index (κ2) is 8.97. The summed E-state index contributed by atoms with van der Waals surface area (Å²) in [5, 5.41) is 8.45. The van der Waals surface area contributed by atoms with Crippen LogP contribution in [-0.2, 0) is 14.3 Å². The summed E-state index contributed by atoms with van der Waals surface area (Å²) in [5.41, 5.74) is 0. The molecule has 4 heteroatoms. The lowest BCUT2D eigenvalue weighted by Gasteiger charge is -2.10. The van der Waals surface area contributed by atoms with Crippen molar-refractivity contribution in [2.24, 2.45) is 0 Å². The molecular formula is C10H20O4. The molecule has 0 aliphatic carbocycles. The zero-order chi connectivity index (χ0) is 10.8. The van der Waals surface area contributed by atoms with Crippen molar-refractivity contribution in [3.8, 4) is 0 Å². The predicted octanol–water partition coefficient (Wildman–Crippen LogP) is 1.68. The fraction of sp³-hybridized carbons (Fsp3) is 0.900. The molecule has 0 aromatic rings. The Bertz CT molecular complexity index is 147.